The SMILES string of the molecule is CCC[C@@H]1CN(C(=O)c2oc(C)nc2C)C[C@H]1N. The fourth-order valence-electron chi connectivity index (χ4n) is 2.61. The Bertz CT molecular complexity index is 441. The number of hydrogen-bond donors (Lipinski definition) is 1. The molecule has 2 rings (SSSR count). The summed E-state index contributed by atoms with van der Waals surface area (Å²) >= 11 is 0. The predicted molar refractivity (Wildman–Crippen MR) is 68.3 cm³/mol. The maximum absolute atomic E-state index is 12.3. The lowest BCUT2D eigenvalue weighted by Crippen LogP contribution is -2.32. The number of aryl methyl sites for hydroxylation is 2. The number of rotatable bonds is 3. The van der Waals surface area contributed by atoms with Crippen LogP contribution in [0.3, 0.4) is 0 Å². The number of aromatic nitrogens is 1. The molecule has 1 saturated heterocycles. The number of nitrogens with two attached hydrogens (primary N) is 1. The molecular formula is C13H21N3O2. The van der Waals surface area contributed by atoms with Gasteiger partial charge in [-0.25, -0.2) is 4.98 Å². The smallest absolute Gasteiger partial charge is 0.291 e. The lowest BCUT2D eigenvalue weighted by Gasteiger charge is -2.14. The van der Waals surface area contributed by atoms with Gasteiger partial charge in [0.15, 0.2) is 5.89 Å². The van der Waals surface area contributed by atoms with Gasteiger partial charge in [-0.1, -0.05) is 13.3 Å². The summed E-state index contributed by atoms with van der Waals surface area (Å²) in [6.07, 6.45) is 2.17. The Morgan fingerprint density at radius 3 is 2.78 bits per heavy atom. The average Bonchev–Trinajstić information content (AvgIpc) is 2.83. The van der Waals surface area contributed by atoms with Gasteiger partial charge in [0.2, 0.25) is 5.76 Å². The normalized spacial score (nSPS) is 23.7. The van der Waals surface area contributed by atoms with Gasteiger partial charge in [0, 0.05) is 26.1 Å². The zero-order chi connectivity index (χ0) is 13.3. The van der Waals surface area contributed by atoms with E-state index in [0.717, 1.165) is 19.4 Å². The molecule has 0 aliphatic carbocycles. The van der Waals surface area contributed by atoms with E-state index < -0.39 is 0 Å². The monoisotopic (exact) mass is 251 g/mol. The highest BCUT2D eigenvalue weighted by Crippen LogP contribution is 2.23. The second-order valence-electron chi connectivity index (χ2n) is 5.07. The van der Waals surface area contributed by atoms with Crippen LogP contribution in [0.2, 0.25) is 0 Å². The summed E-state index contributed by atoms with van der Waals surface area (Å²) in [5, 5.41) is 0. The predicted octanol–water partition coefficient (Wildman–Crippen LogP) is 1.49. The molecule has 1 aromatic rings. The Balaban J connectivity index is 2.09. The van der Waals surface area contributed by atoms with Gasteiger partial charge in [-0.05, 0) is 19.3 Å². The van der Waals surface area contributed by atoms with E-state index in [-0.39, 0.29) is 11.9 Å². The zero-order valence-electron chi connectivity index (χ0n) is 11.3. The van der Waals surface area contributed by atoms with Crippen molar-refractivity contribution in [3.63, 3.8) is 0 Å². The largest absolute Gasteiger partial charge is 0.436 e. The first-order valence-electron chi connectivity index (χ1n) is 6.51. The highest BCUT2D eigenvalue weighted by atomic mass is 16.4. The van der Waals surface area contributed by atoms with Crippen LogP contribution < -0.4 is 5.73 Å². The fraction of sp³-hybridized carbons (Fsp3) is 0.692. The Kier molecular flexibility index (Phi) is 3.71. The molecule has 2 heterocycles. The molecule has 1 aliphatic rings. The summed E-state index contributed by atoms with van der Waals surface area (Å²) in [4.78, 5) is 18.2. The highest BCUT2D eigenvalue weighted by Gasteiger charge is 2.34. The van der Waals surface area contributed by atoms with Crippen LogP contribution in [0.25, 0.3) is 0 Å². The third-order valence-corrected chi connectivity index (χ3v) is 3.54. The number of oxazole rings is 1. The lowest BCUT2D eigenvalue weighted by molar-refractivity contribution is 0.0751. The van der Waals surface area contributed by atoms with Gasteiger partial charge in [-0.3, -0.25) is 4.79 Å². The summed E-state index contributed by atoms with van der Waals surface area (Å²) in [5.74, 6) is 1.21. The molecule has 0 spiro atoms. The van der Waals surface area contributed by atoms with Crippen molar-refractivity contribution in [2.75, 3.05) is 13.1 Å². The van der Waals surface area contributed by atoms with Crippen molar-refractivity contribution in [3.8, 4) is 0 Å². The van der Waals surface area contributed by atoms with Gasteiger partial charge in [-0.15, -0.1) is 0 Å². The van der Waals surface area contributed by atoms with Gasteiger partial charge in [0.05, 0.1) is 5.69 Å². The van der Waals surface area contributed by atoms with E-state index >= 15 is 0 Å². The molecule has 0 aromatic carbocycles. The number of carbonyl (C=O) groups is 1. The molecule has 2 atom stereocenters. The number of hydrogen-bond acceptors (Lipinski definition) is 4. The second kappa shape index (κ2) is 5.10. The Morgan fingerprint density at radius 2 is 2.22 bits per heavy atom. The molecule has 100 valence electrons. The van der Waals surface area contributed by atoms with Crippen LogP contribution in [0.1, 0.15) is 41.9 Å². The number of amides is 1. The van der Waals surface area contributed by atoms with Crippen LogP contribution in [0.5, 0.6) is 0 Å². The van der Waals surface area contributed by atoms with E-state index in [1.165, 1.54) is 0 Å². The molecule has 1 aromatic heterocycles. The second-order valence-corrected chi connectivity index (χ2v) is 5.07. The van der Waals surface area contributed by atoms with E-state index in [0.29, 0.717) is 29.8 Å². The molecule has 0 radical (unpaired) electrons. The first kappa shape index (κ1) is 13.1. The minimum Gasteiger partial charge on any atom is -0.436 e. The number of carbonyl (C=O) groups excluding carboxylic acids is 1. The van der Waals surface area contributed by atoms with Crippen LogP contribution in [0.15, 0.2) is 4.42 Å². The van der Waals surface area contributed by atoms with Crippen LogP contribution in [-0.2, 0) is 0 Å². The van der Waals surface area contributed by atoms with Crippen LogP contribution >= 0.6 is 0 Å². The minimum absolute atomic E-state index is 0.0813. The first-order valence-corrected chi connectivity index (χ1v) is 6.51. The van der Waals surface area contributed by atoms with E-state index in [2.05, 4.69) is 11.9 Å². The lowest BCUT2D eigenvalue weighted by atomic mass is 9.99. The summed E-state index contributed by atoms with van der Waals surface area (Å²) in [7, 11) is 0. The van der Waals surface area contributed by atoms with Crippen molar-refractivity contribution in [1.29, 1.82) is 0 Å². The van der Waals surface area contributed by atoms with Gasteiger partial charge in [-0.2, -0.15) is 0 Å². The molecule has 0 saturated carbocycles. The van der Waals surface area contributed by atoms with E-state index in [1.54, 1.807) is 18.7 Å². The maximum Gasteiger partial charge on any atom is 0.291 e. The molecule has 1 amide bonds. The highest BCUT2D eigenvalue weighted by molar-refractivity contribution is 5.92. The fourth-order valence-corrected chi connectivity index (χ4v) is 2.61. The van der Waals surface area contributed by atoms with E-state index in [1.807, 2.05) is 0 Å². The number of nitrogens with zero attached hydrogens (tertiary/aromatic N) is 2. The van der Waals surface area contributed by atoms with Crippen LogP contribution in [-0.4, -0.2) is 34.9 Å². The van der Waals surface area contributed by atoms with Crippen molar-refractivity contribution < 1.29 is 9.21 Å². The molecule has 1 fully saturated rings. The van der Waals surface area contributed by atoms with Gasteiger partial charge in [0.1, 0.15) is 0 Å². The van der Waals surface area contributed by atoms with Crippen molar-refractivity contribution in [2.45, 2.75) is 39.7 Å². The third kappa shape index (κ3) is 2.41. The first-order chi connectivity index (χ1) is 8.52. The quantitative estimate of drug-likeness (QED) is 0.883. The summed E-state index contributed by atoms with van der Waals surface area (Å²) in [5.41, 5.74) is 6.73. The minimum atomic E-state index is -0.0813. The molecule has 0 unspecified atom stereocenters. The molecule has 18 heavy (non-hydrogen) atoms. The summed E-state index contributed by atoms with van der Waals surface area (Å²) in [6, 6.07) is 0.0817. The van der Waals surface area contributed by atoms with Gasteiger partial charge >= 0.3 is 0 Å². The van der Waals surface area contributed by atoms with Gasteiger partial charge < -0.3 is 15.1 Å². The van der Waals surface area contributed by atoms with Gasteiger partial charge in [0.25, 0.3) is 5.91 Å². The third-order valence-electron chi connectivity index (χ3n) is 3.54. The van der Waals surface area contributed by atoms with E-state index in [9.17, 15) is 4.79 Å². The number of likely N-dealkylation sites (tertiary alicyclic amines) is 1. The van der Waals surface area contributed by atoms with Crippen molar-refractivity contribution in [3.05, 3.63) is 17.3 Å². The van der Waals surface area contributed by atoms with Crippen molar-refractivity contribution in [2.24, 2.45) is 11.7 Å². The zero-order valence-corrected chi connectivity index (χ0v) is 11.3. The Labute approximate surface area is 107 Å². The molecule has 0 bridgehead atoms. The van der Waals surface area contributed by atoms with E-state index in [4.69, 9.17) is 10.2 Å². The maximum atomic E-state index is 12.3. The molecule has 5 heteroatoms. The Morgan fingerprint density at radius 1 is 1.50 bits per heavy atom. The summed E-state index contributed by atoms with van der Waals surface area (Å²) in [6.45, 7) is 7.03. The Hall–Kier alpha value is -1.36. The standard InChI is InChI=1S/C13H21N3O2/c1-4-5-10-6-16(7-11(10)14)13(17)12-8(2)15-9(3)18-12/h10-11H,4-7,14H2,1-3H3/t10-,11-/m1/s1. The molecular weight excluding hydrogens is 230 g/mol. The van der Waals surface area contributed by atoms with Crippen LogP contribution in [0.4, 0.5) is 0 Å². The topological polar surface area (TPSA) is 72.4 Å². The van der Waals surface area contributed by atoms with Crippen molar-refractivity contribution in [1.82, 2.24) is 9.88 Å². The van der Waals surface area contributed by atoms with Crippen molar-refractivity contribution >= 4 is 5.91 Å². The molecule has 5 nitrogen and oxygen atoms in total. The molecule has 2 N–H and O–H groups in total. The average molecular weight is 251 g/mol. The summed E-state index contributed by atoms with van der Waals surface area (Å²) < 4.78 is 5.38. The molecule has 1 aliphatic heterocycles. The van der Waals surface area contributed by atoms with Crippen LogP contribution in [0, 0.1) is 19.8 Å².